The Labute approximate surface area is 123 Å². The zero-order valence-electron chi connectivity index (χ0n) is 12.1. The van der Waals surface area contributed by atoms with Gasteiger partial charge in [0.1, 0.15) is 11.6 Å². The average Bonchev–Trinajstić information content (AvgIpc) is 2.72. The van der Waals surface area contributed by atoms with E-state index in [0.29, 0.717) is 0 Å². The van der Waals surface area contributed by atoms with Crippen LogP contribution in [0.3, 0.4) is 0 Å². The number of hydrogen-bond donors (Lipinski definition) is 1. The number of anilines is 1. The smallest absolute Gasteiger partial charge is 0.387 e. The summed E-state index contributed by atoms with van der Waals surface area (Å²) in [5.74, 6) is 0.828. The first kappa shape index (κ1) is 15.9. The number of ether oxygens (including phenoxy) is 1. The fourth-order valence-electron chi connectivity index (χ4n) is 2.45. The van der Waals surface area contributed by atoms with Crippen molar-refractivity contribution in [3.8, 4) is 5.75 Å². The van der Waals surface area contributed by atoms with Crippen molar-refractivity contribution in [3.05, 3.63) is 18.3 Å². The molecule has 0 aliphatic carbocycles. The molecule has 2 heterocycles. The Balaban J connectivity index is 1.95. The van der Waals surface area contributed by atoms with Crippen LogP contribution in [0.4, 0.5) is 14.6 Å². The lowest BCUT2D eigenvalue weighted by molar-refractivity contribution is -0.0500. The van der Waals surface area contributed by atoms with Gasteiger partial charge in [0.2, 0.25) is 0 Å². The molecule has 1 atom stereocenters. The number of nitrogens with zero attached hydrogens (tertiary/aromatic N) is 3. The molecule has 0 bridgehead atoms. The molecule has 21 heavy (non-hydrogen) atoms. The van der Waals surface area contributed by atoms with Crippen molar-refractivity contribution in [2.24, 2.45) is 0 Å². The summed E-state index contributed by atoms with van der Waals surface area (Å²) in [5, 5.41) is 9.22. The lowest BCUT2D eigenvalue weighted by atomic mass is 10.3. The normalized spacial score (nSPS) is 18.6. The number of alkyl halides is 2. The maximum atomic E-state index is 12.1. The van der Waals surface area contributed by atoms with Crippen LogP contribution in [0.25, 0.3) is 0 Å². The molecule has 1 aromatic rings. The molecule has 1 fully saturated rings. The number of halogens is 2. The fourth-order valence-corrected chi connectivity index (χ4v) is 2.45. The number of aliphatic hydroxyl groups excluding tert-OH is 1. The summed E-state index contributed by atoms with van der Waals surface area (Å²) in [4.78, 5) is 8.55. The Morgan fingerprint density at radius 1 is 1.29 bits per heavy atom. The molecule has 1 aromatic heterocycles. The molecule has 1 aliphatic heterocycles. The summed E-state index contributed by atoms with van der Waals surface area (Å²) < 4.78 is 28.5. The van der Waals surface area contributed by atoms with Crippen molar-refractivity contribution in [3.63, 3.8) is 0 Å². The van der Waals surface area contributed by atoms with Gasteiger partial charge in [-0.1, -0.05) is 0 Å². The molecule has 0 unspecified atom stereocenters. The number of aliphatic hydroxyl groups is 1. The minimum absolute atomic E-state index is 0.0686. The second kappa shape index (κ2) is 7.51. The van der Waals surface area contributed by atoms with Gasteiger partial charge in [-0.15, -0.1) is 0 Å². The van der Waals surface area contributed by atoms with Crippen LogP contribution in [0, 0.1) is 0 Å². The van der Waals surface area contributed by atoms with Gasteiger partial charge in [0.15, 0.2) is 0 Å². The van der Waals surface area contributed by atoms with Gasteiger partial charge in [0.05, 0.1) is 12.8 Å². The summed E-state index contributed by atoms with van der Waals surface area (Å²) in [5.41, 5.74) is 0. The van der Waals surface area contributed by atoms with Crippen LogP contribution in [0.1, 0.15) is 13.3 Å². The molecule has 2 rings (SSSR count). The van der Waals surface area contributed by atoms with Crippen molar-refractivity contribution in [2.45, 2.75) is 26.0 Å². The van der Waals surface area contributed by atoms with Crippen molar-refractivity contribution < 1.29 is 18.6 Å². The number of aromatic nitrogens is 1. The van der Waals surface area contributed by atoms with Crippen LogP contribution in [-0.4, -0.2) is 60.4 Å². The molecule has 1 N–H and O–H groups in total. The number of hydrogen-bond acceptors (Lipinski definition) is 5. The van der Waals surface area contributed by atoms with E-state index in [9.17, 15) is 13.9 Å². The van der Waals surface area contributed by atoms with Crippen LogP contribution in [0.5, 0.6) is 5.75 Å². The lowest BCUT2D eigenvalue weighted by Gasteiger charge is -2.26. The lowest BCUT2D eigenvalue weighted by Crippen LogP contribution is -2.38. The van der Waals surface area contributed by atoms with Gasteiger partial charge in [-0.3, -0.25) is 4.90 Å². The highest BCUT2D eigenvalue weighted by Gasteiger charge is 2.19. The van der Waals surface area contributed by atoms with Crippen LogP contribution in [-0.2, 0) is 0 Å². The second-order valence-electron chi connectivity index (χ2n) is 5.14. The van der Waals surface area contributed by atoms with Gasteiger partial charge in [0, 0.05) is 32.2 Å². The van der Waals surface area contributed by atoms with Crippen LogP contribution in [0.2, 0.25) is 0 Å². The topological polar surface area (TPSA) is 48.8 Å². The SMILES string of the molecule is C[C@@H](CO)N1CCCN(c2ccc(OC(F)F)cn2)CC1. The van der Waals surface area contributed by atoms with Crippen molar-refractivity contribution in [1.29, 1.82) is 0 Å². The monoisotopic (exact) mass is 301 g/mol. The first-order valence-electron chi connectivity index (χ1n) is 7.11. The highest BCUT2D eigenvalue weighted by molar-refractivity contribution is 5.41. The Morgan fingerprint density at radius 2 is 2.10 bits per heavy atom. The zero-order valence-corrected chi connectivity index (χ0v) is 12.1. The first-order valence-corrected chi connectivity index (χ1v) is 7.11. The summed E-state index contributed by atoms with van der Waals surface area (Å²) in [6.07, 6.45) is 2.29. The van der Waals surface area contributed by atoms with E-state index in [0.717, 1.165) is 38.4 Å². The maximum absolute atomic E-state index is 12.1. The van der Waals surface area contributed by atoms with Crippen molar-refractivity contribution >= 4 is 5.82 Å². The molecule has 7 heteroatoms. The van der Waals surface area contributed by atoms with Crippen LogP contribution < -0.4 is 9.64 Å². The van der Waals surface area contributed by atoms with E-state index in [2.05, 4.69) is 19.5 Å². The molecule has 0 spiro atoms. The van der Waals surface area contributed by atoms with E-state index in [-0.39, 0.29) is 18.4 Å². The summed E-state index contributed by atoms with van der Waals surface area (Å²) in [6.45, 7) is 2.76. The predicted octanol–water partition coefficient (Wildman–Crippen LogP) is 1.58. The molecular formula is C14H21F2N3O2. The molecule has 5 nitrogen and oxygen atoms in total. The Morgan fingerprint density at radius 3 is 2.71 bits per heavy atom. The van der Waals surface area contributed by atoms with Gasteiger partial charge in [-0.2, -0.15) is 8.78 Å². The zero-order chi connectivity index (χ0) is 15.2. The van der Waals surface area contributed by atoms with E-state index in [4.69, 9.17) is 0 Å². The predicted molar refractivity (Wildman–Crippen MR) is 75.8 cm³/mol. The molecular weight excluding hydrogens is 280 g/mol. The molecule has 0 aromatic carbocycles. The molecule has 118 valence electrons. The van der Waals surface area contributed by atoms with Gasteiger partial charge in [-0.05, 0) is 25.5 Å². The van der Waals surface area contributed by atoms with Gasteiger partial charge >= 0.3 is 6.61 Å². The second-order valence-corrected chi connectivity index (χ2v) is 5.14. The summed E-state index contributed by atoms with van der Waals surface area (Å²) in [7, 11) is 0. The molecule has 1 saturated heterocycles. The van der Waals surface area contributed by atoms with Crippen molar-refractivity contribution in [2.75, 3.05) is 37.7 Å². The third kappa shape index (κ3) is 4.50. The Kier molecular flexibility index (Phi) is 5.69. The van der Waals surface area contributed by atoms with E-state index in [1.165, 1.54) is 12.3 Å². The quantitative estimate of drug-likeness (QED) is 0.895. The van der Waals surface area contributed by atoms with Gasteiger partial charge in [-0.25, -0.2) is 4.98 Å². The minimum atomic E-state index is -2.83. The van der Waals surface area contributed by atoms with Crippen LogP contribution in [0.15, 0.2) is 18.3 Å². The highest BCUT2D eigenvalue weighted by atomic mass is 19.3. The van der Waals surface area contributed by atoms with Gasteiger partial charge in [0.25, 0.3) is 0 Å². The fraction of sp³-hybridized carbons (Fsp3) is 0.643. The highest BCUT2D eigenvalue weighted by Crippen LogP contribution is 2.19. The first-order chi connectivity index (χ1) is 10.1. The molecule has 0 radical (unpaired) electrons. The number of pyridine rings is 1. The third-order valence-electron chi connectivity index (χ3n) is 3.69. The third-order valence-corrected chi connectivity index (χ3v) is 3.69. The van der Waals surface area contributed by atoms with E-state index in [1.807, 2.05) is 6.92 Å². The average molecular weight is 301 g/mol. The van der Waals surface area contributed by atoms with Crippen LogP contribution >= 0.6 is 0 Å². The van der Waals surface area contributed by atoms with E-state index in [1.54, 1.807) is 6.07 Å². The Hall–Kier alpha value is -1.47. The van der Waals surface area contributed by atoms with Gasteiger partial charge < -0.3 is 14.7 Å². The summed E-state index contributed by atoms with van der Waals surface area (Å²) in [6, 6.07) is 3.36. The summed E-state index contributed by atoms with van der Waals surface area (Å²) >= 11 is 0. The van der Waals surface area contributed by atoms with E-state index < -0.39 is 6.61 Å². The minimum Gasteiger partial charge on any atom is -0.433 e. The largest absolute Gasteiger partial charge is 0.433 e. The molecule has 0 saturated carbocycles. The molecule has 1 aliphatic rings. The van der Waals surface area contributed by atoms with Crippen molar-refractivity contribution in [1.82, 2.24) is 9.88 Å². The molecule has 0 amide bonds. The number of rotatable bonds is 5. The van der Waals surface area contributed by atoms with E-state index >= 15 is 0 Å². The Bertz CT molecular complexity index is 431. The maximum Gasteiger partial charge on any atom is 0.387 e. The standard InChI is InChI=1S/C14H21F2N3O2/c1-11(10-20)18-5-2-6-19(8-7-18)13-4-3-12(9-17-13)21-14(15)16/h3-4,9,11,14,20H,2,5-8,10H2,1H3/t11-/m0/s1.